The fourth-order valence-electron chi connectivity index (χ4n) is 0. The standard InChI is InChI=1S/Cd.Cu.Ni.Pb.2H. The van der Waals surface area contributed by atoms with Crippen LogP contribution in [-0.2, 0) is 60.9 Å². The molecule has 0 heterocycles. The van der Waals surface area contributed by atoms with Gasteiger partial charge in [0.15, 0.2) is 0 Å². The first-order valence-corrected chi connectivity index (χ1v) is 0. The van der Waals surface area contributed by atoms with E-state index in [2.05, 4.69) is 0 Å². The Hall–Kier alpha value is 2.86. The third-order valence-electron chi connectivity index (χ3n) is 0. The summed E-state index contributed by atoms with van der Waals surface area (Å²) in [5, 5.41) is 0. The molecule has 0 nitrogen and oxygen atoms in total. The summed E-state index contributed by atoms with van der Waals surface area (Å²) >= 11 is 0. The first-order chi connectivity index (χ1) is 0. The molecule has 3 radical (unpaired) electrons. The molecular formula is H2CdCuNiPb. The second-order valence-corrected chi connectivity index (χ2v) is 0. The van der Waals surface area contributed by atoms with Gasteiger partial charge in [-0.1, -0.05) is 0 Å². The van der Waals surface area contributed by atoms with Crippen molar-refractivity contribution in [3.63, 3.8) is 0 Å². The summed E-state index contributed by atoms with van der Waals surface area (Å²) in [4.78, 5) is 0. The fourth-order valence-corrected chi connectivity index (χ4v) is 0. The molecule has 0 spiro atoms. The molecular weight excluding hydrogens is 442 g/mol. The average Bonchev–Trinajstić information content (AvgIpc) is 0. The average molecular weight is 444 g/mol. The molecule has 0 bridgehead atoms. The molecule has 0 aromatic rings. The zero-order chi connectivity index (χ0) is 0. The Balaban J connectivity index is 0. The van der Waals surface area contributed by atoms with E-state index in [9.17, 15) is 0 Å². The molecule has 0 aliphatic rings. The Bertz CT molecular complexity index is 8.00. The summed E-state index contributed by atoms with van der Waals surface area (Å²) in [5.74, 6) is 0. The van der Waals surface area contributed by atoms with Gasteiger partial charge in [0.1, 0.15) is 0 Å². The summed E-state index contributed by atoms with van der Waals surface area (Å²) in [5.41, 5.74) is 0. The van der Waals surface area contributed by atoms with Crippen molar-refractivity contribution in [3.8, 4) is 0 Å². The van der Waals surface area contributed by atoms with Gasteiger partial charge < -0.3 is 0 Å². The van der Waals surface area contributed by atoms with Gasteiger partial charge in [0.05, 0.1) is 0 Å². The maximum absolute atomic E-state index is 0. The summed E-state index contributed by atoms with van der Waals surface area (Å²) in [7, 11) is 0. The minimum atomic E-state index is 0. The Labute approximate surface area is 86.6 Å². The third kappa shape index (κ3) is 8.85. The Morgan fingerprint density at radius 3 is 1.00 bits per heavy atom. The van der Waals surface area contributed by atoms with Gasteiger partial charge in [0, 0.05) is 60.9 Å². The Morgan fingerprint density at radius 2 is 1.00 bits per heavy atom. The molecule has 0 aliphatic carbocycles. The first kappa shape index (κ1) is 28.8. The number of rotatable bonds is 0. The van der Waals surface area contributed by atoms with Crippen LogP contribution in [0, 0.1) is 0 Å². The molecule has 4 heteroatoms. The number of hydrogen-bond donors (Lipinski definition) is 0. The van der Waals surface area contributed by atoms with Crippen LogP contribution < -0.4 is 0 Å². The summed E-state index contributed by atoms with van der Waals surface area (Å²) in [6, 6.07) is 0. The van der Waals surface area contributed by atoms with Gasteiger partial charge >= 0.3 is 27.3 Å². The minimum absolute atomic E-state index is 0. The monoisotopic (exact) mass is 445 g/mol. The van der Waals surface area contributed by atoms with E-state index in [0.717, 1.165) is 0 Å². The fraction of sp³-hybridized carbons (Fsp3) is 0. The molecule has 0 atom stereocenters. The second kappa shape index (κ2) is 16.9. The molecule has 0 amide bonds. The molecule has 0 saturated heterocycles. The van der Waals surface area contributed by atoms with Gasteiger partial charge in [-0.15, -0.1) is 0 Å². The predicted octanol–water partition coefficient (Wildman–Crippen LogP) is -0.924. The maximum atomic E-state index is 0. The zero-order valence-corrected chi connectivity index (χ0v) is 13.5. The molecule has 0 fully saturated rings. The van der Waals surface area contributed by atoms with Crippen molar-refractivity contribution >= 4 is 27.3 Å². The quantitative estimate of drug-likeness (QED) is 0.425. The van der Waals surface area contributed by atoms with Crippen molar-refractivity contribution in [1.29, 1.82) is 0 Å². The topological polar surface area (TPSA) is 0 Å². The van der Waals surface area contributed by atoms with Crippen molar-refractivity contribution < 1.29 is 60.9 Å². The molecule has 29 valence electrons. The Morgan fingerprint density at radius 1 is 1.00 bits per heavy atom. The first-order valence-electron chi connectivity index (χ1n) is 0. The normalized spacial score (nSPS) is 0. The van der Waals surface area contributed by atoms with Gasteiger partial charge in [-0.3, -0.25) is 0 Å². The zero-order valence-electron chi connectivity index (χ0n) is 2.03. The van der Waals surface area contributed by atoms with Gasteiger partial charge in [-0.05, 0) is 0 Å². The Kier molecular flexibility index (Phi) is 122. The number of hydrogen-bond acceptors (Lipinski definition) is 0. The van der Waals surface area contributed by atoms with Crippen LogP contribution in [0.25, 0.3) is 0 Å². The van der Waals surface area contributed by atoms with E-state index in [0.29, 0.717) is 0 Å². The van der Waals surface area contributed by atoms with Gasteiger partial charge in [0.2, 0.25) is 0 Å². The molecule has 0 N–H and O–H groups in total. The van der Waals surface area contributed by atoms with Crippen molar-refractivity contribution in [1.82, 2.24) is 0 Å². The van der Waals surface area contributed by atoms with E-state index in [1.54, 1.807) is 0 Å². The van der Waals surface area contributed by atoms with Crippen molar-refractivity contribution in [3.05, 3.63) is 0 Å². The molecule has 0 unspecified atom stereocenters. The second-order valence-electron chi connectivity index (χ2n) is 0. The van der Waals surface area contributed by atoms with Crippen molar-refractivity contribution in [2.75, 3.05) is 0 Å². The van der Waals surface area contributed by atoms with Crippen LogP contribution in [-0.4, -0.2) is 27.3 Å². The molecule has 0 saturated carbocycles. The third-order valence-corrected chi connectivity index (χ3v) is 0. The van der Waals surface area contributed by atoms with Gasteiger partial charge in [-0.2, -0.15) is 0 Å². The van der Waals surface area contributed by atoms with Crippen LogP contribution in [0.4, 0.5) is 0 Å². The predicted molar refractivity (Wildman–Crippen MR) is 8.54 cm³/mol. The van der Waals surface area contributed by atoms with Crippen LogP contribution in [0.2, 0.25) is 0 Å². The summed E-state index contributed by atoms with van der Waals surface area (Å²) in [6.07, 6.45) is 0. The van der Waals surface area contributed by atoms with Gasteiger partial charge in [0.25, 0.3) is 0 Å². The van der Waals surface area contributed by atoms with Crippen molar-refractivity contribution in [2.45, 2.75) is 0 Å². The van der Waals surface area contributed by atoms with E-state index in [1.165, 1.54) is 0 Å². The SMILES string of the molecule is [Cd].[Cu].[Ni].[PbH2]. The molecule has 4 heavy (non-hydrogen) atoms. The van der Waals surface area contributed by atoms with Crippen LogP contribution in [0.5, 0.6) is 0 Å². The van der Waals surface area contributed by atoms with E-state index in [4.69, 9.17) is 0 Å². The molecule has 0 rings (SSSR count). The van der Waals surface area contributed by atoms with Crippen molar-refractivity contribution in [2.24, 2.45) is 0 Å². The van der Waals surface area contributed by atoms with Crippen LogP contribution in [0.15, 0.2) is 0 Å². The van der Waals surface area contributed by atoms with E-state index in [1.807, 2.05) is 0 Å². The van der Waals surface area contributed by atoms with Gasteiger partial charge in [-0.25, -0.2) is 0 Å². The van der Waals surface area contributed by atoms with Crippen LogP contribution >= 0.6 is 0 Å². The van der Waals surface area contributed by atoms with Crippen LogP contribution in [0.1, 0.15) is 0 Å². The van der Waals surface area contributed by atoms with E-state index < -0.39 is 0 Å². The van der Waals surface area contributed by atoms with E-state index in [-0.39, 0.29) is 88.2 Å². The van der Waals surface area contributed by atoms with E-state index >= 15 is 0 Å². The molecule has 0 aliphatic heterocycles. The summed E-state index contributed by atoms with van der Waals surface area (Å²) < 4.78 is 0. The molecule has 0 aromatic carbocycles. The molecule has 0 aromatic heterocycles. The summed E-state index contributed by atoms with van der Waals surface area (Å²) in [6.45, 7) is 0. The van der Waals surface area contributed by atoms with Crippen LogP contribution in [0.3, 0.4) is 0 Å².